The number of nitrogens with zero attached hydrogens (tertiary/aromatic N) is 1. The SMILES string of the molecule is Cc1ccc2cccc3c2c1-c1c(cc2c(C4CCC(C)(C)CC4)cccc2[n+]1C)O3. The largest absolute Gasteiger partial charge is 0.450 e. The molecule has 0 bridgehead atoms. The van der Waals surface area contributed by atoms with Crippen molar-refractivity contribution in [3.8, 4) is 22.8 Å². The predicted octanol–water partition coefficient (Wildman–Crippen LogP) is 7.58. The number of hydrogen-bond donors (Lipinski definition) is 0. The number of aromatic nitrogens is 1. The maximum Gasteiger partial charge on any atom is 0.256 e. The van der Waals surface area contributed by atoms with Crippen molar-refractivity contribution in [2.75, 3.05) is 0 Å². The molecule has 1 aromatic heterocycles. The fourth-order valence-corrected chi connectivity index (χ4v) is 5.90. The summed E-state index contributed by atoms with van der Waals surface area (Å²) in [6.45, 7) is 7.04. The molecule has 156 valence electrons. The second-order valence-corrected chi connectivity index (χ2v) is 10.3. The average Bonchev–Trinajstić information content (AvgIpc) is 2.76. The van der Waals surface area contributed by atoms with Crippen molar-refractivity contribution in [2.24, 2.45) is 12.5 Å². The van der Waals surface area contributed by atoms with E-state index in [0.29, 0.717) is 11.3 Å². The van der Waals surface area contributed by atoms with Gasteiger partial charge in [-0.05, 0) is 66.5 Å². The third kappa shape index (κ3) is 2.81. The van der Waals surface area contributed by atoms with Crippen LogP contribution in [0.1, 0.15) is 56.6 Å². The molecule has 2 nitrogen and oxygen atoms in total. The van der Waals surface area contributed by atoms with Crippen LogP contribution in [0, 0.1) is 12.3 Å². The molecule has 0 spiro atoms. The van der Waals surface area contributed by atoms with Crippen molar-refractivity contribution in [1.82, 2.24) is 0 Å². The number of pyridine rings is 1. The lowest BCUT2D eigenvalue weighted by molar-refractivity contribution is -0.633. The Kier molecular flexibility index (Phi) is 3.99. The van der Waals surface area contributed by atoms with Crippen LogP contribution in [0.5, 0.6) is 11.5 Å². The third-order valence-corrected chi connectivity index (χ3v) is 7.77. The Morgan fingerprint density at radius 2 is 1.71 bits per heavy atom. The molecule has 0 N–H and O–H groups in total. The lowest BCUT2D eigenvalue weighted by atomic mass is 9.71. The second-order valence-electron chi connectivity index (χ2n) is 10.3. The zero-order valence-electron chi connectivity index (χ0n) is 19.0. The number of benzene rings is 3. The Balaban J connectivity index is 1.59. The quantitative estimate of drug-likeness (QED) is 0.261. The number of rotatable bonds is 1. The zero-order chi connectivity index (χ0) is 21.3. The molecule has 2 aliphatic rings. The number of fused-ring (bicyclic) bond motifs is 3. The van der Waals surface area contributed by atoms with Gasteiger partial charge in [0.15, 0.2) is 5.75 Å². The molecule has 31 heavy (non-hydrogen) atoms. The van der Waals surface area contributed by atoms with Crippen molar-refractivity contribution in [3.05, 3.63) is 65.7 Å². The Hall–Kier alpha value is -2.87. The van der Waals surface area contributed by atoms with Crippen LogP contribution in [-0.2, 0) is 7.05 Å². The smallest absolute Gasteiger partial charge is 0.256 e. The molecule has 1 aliphatic heterocycles. The molecule has 0 radical (unpaired) electrons. The van der Waals surface area contributed by atoms with Gasteiger partial charge in [-0.3, -0.25) is 0 Å². The standard InChI is InChI=1S/C29H30NO/c1-18-11-12-20-7-5-10-24-27(20)26(18)28-25(31-24)17-22-21(8-6-9-23(22)30(28)4)19-13-15-29(2,3)16-14-19/h5-12,17,19H,13-16H2,1-4H3/q+1. The maximum atomic E-state index is 6.55. The molecule has 0 unspecified atom stereocenters. The highest BCUT2D eigenvalue weighted by molar-refractivity contribution is 6.04. The highest BCUT2D eigenvalue weighted by Crippen LogP contribution is 2.49. The van der Waals surface area contributed by atoms with Gasteiger partial charge in [-0.2, -0.15) is 4.57 Å². The van der Waals surface area contributed by atoms with Gasteiger partial charge in [-0.1, -0.05) is 50.2 Å². The van der Waals surface area contributed by atoms with E-state index >= 15 is 0 Å². The van der Waals surface area contributed by atoms with Crippen LogP contribution in [0.25, 0.3) is 32.9 Å². The van der Waals surface area contributed by atoms with Gasteiger partial charge < -0.3 is 4.74 Å². The summed E-state index contributed by atoms with van der Waals surface area (Å²) in [4.78, 5) is 0. The highest BCUT2D eigenvalue weighted by Gasteiger charge is 2.33. The first-order valence-corrected chi connectivity index (χ1v) is 11.6. The van der Waals surface area contributed by atoms with Gasteiger partial charge in [0.05, 0.1) is 10.9 Å². The summed E-state index contributed by atoms with van der Waals surface area (Å²) in [6, 6.07) is 20.0. The Labute approximate surface area is 184 Å². The third-order valence-electron chi connectivity index (χ3n) is 7.77. The summed E-state index contributed by atoms with van der Waals surface area (Å²) < 4.78 is 8.91. The first kappa shape index (κ1) is 18.9. The van der Waals surface area contributed by atoms with Gasteiger partial charge in [-0.15, -0.1) is 0 Å². The molecule has 3 aromatic carbocycles. The van der Waals surface area contributed by atoms with E-state index in [1.807, 2.05) is 0 Å². The fourth-order valence-electron chi connectivity index (χ4n) is 5.90. The zero-order valence-corrected chi connectivity index (χ0v) is 19.0. The number of aryl methyl sites for hydroxylation is 2. The summed E-state index contributed by atoms with van der Waals surface area (Å²) in [6.07, 6.45) is 5.15. The van der Waals surface area contributed by atoms with Crippen LogP contribution in [0.4, 0.5) is 0 Å². The first-order valence-electron chi connectivity index (χ1n) is 11.6. The van der Waals surface area contributed by atoms with Crippen molar-refractivity contribution in [2.45, 2.75) is 52.4 Å². The first-order chi connectivity index (χ1) is 14.9. The minimum atomic E-state index is 0.480. The Morgan fingerprint density at radius 3 is 2.52 bits per heavy atom. The van der Waals surface area contributed by atoms with E-state index in [2.05, 4.69) is 87.0 Å². The van der Waals surface area contributed by atoms with E-state index in [9.17, 15) is 0 Å². The van der Waals surface area contributed by atoms with Crippen LogP contribution in [0.3, 0.4) is 0 Å². The van der Waals surface area contributed by atoms with E-state index in [0.717, 1.165) is 11.5 Å². The van der Waals surface area contributed by atoms with E-state index in [1.54, 1.807) is 0 Å². The number of hydrogen-bond acceptors (Lipinski definition) is 1. The van der Waals surface area contributed by atoms with E-state index in [4.69, 9.17) is 4.74 Å². The van der Waals surface area contributed by atoms with E-state index < -0.39 is 0 Å². The predicted molar refractivity (Wildman–Crippen MR) is 128 cm³/mol. The minimum absolute atomic E-state index is 0.480. The van der Waals surface area contributed by atoms with Crippen LogP contribution in [0.15, 0.2) is 54.6 Å². The monoisotopic (exact) mass is 408 g/mol. The molecule has 1 fully saturated rings. The molecular formula is C29H30NO+. The molecule has 1 aliphatic carbocycles. The van der Waals surface area contributed by atoms with E-state index in [-0.39, 0.29) is 0 Å². The average molecular weight is 409 g/mol. The van der Waals surface area contributed by atoms with Gasteiger partial charge >= 0.3 is 0 Å². The molecule has 0 saturated heterocycles. The highest BCUT2D eigenvalue weighted by atomic mass is 16.5. The lowest BCUT2D eigenvalue weighted by Gasteiger charge is -2.34. The summed E-state index contributed by atoms with van der Waals surface area (Å²) in [5, 5.41) is 3.82. The topological polar surface area (TPSA) is 13.1 Å². The van der Waals surface area contributed by atoms with Gasteiger partial charge in [0.2, 0.25) is 5.52 Å². The van der Waals surface area contributed by atoms with Crippen molar-refractivity contribution < 1.29 is 9.30 Å². The molecular weight excluding hydrogens is 378 g/mol. The van der Waals surface area contributed by atoms with E-state index in [1.165, 1.54) is 69.7 Å². The van der Waals surface area contributed by atoms with Crippen LogP contribution < -0.4 is 9.30 Å². The molecule has 6 rings (SSSR count). The van der Waals surface area contributed by atoms with Crippen LogP contribution in [-0.4, -0.2) is 0 Å². The molecule has 4 aromatic rings. The lowest BCUT2D eigenvalue weighted by Crippen LogP contribution is -2.34. The van der Waals surface area contributed by atoms with Crippen LogP contribution in [0.2, 0.25) is 0 Å². The van der Waals surface area contributed by atoms with Crippen molar-refractivity contribution in [3.63, 3.8) is 0 Å². The minimum Gasteiger partial charge on any atom is -0.450 e. The molecule has 0 amide bonds. The Bertz CT molecular complexity index is 1350. The van der Waals surface area contributed by atoms with Crippen molar-refractivity contribution >= 4 is 21.7 Å². The van der Waals surface area contributed by atoms with Crippen LogP contribution >= 0.6 is 0 Å². The Morgan fingerprint density at radius 1 is 0.935 bits per heavy atom. The molecule has 0 atom stereocenters. The maximum absolute atomic E-state index is 6.55. The van der Waals surface area contributed by atoms with Gasteiger partial charge in [0, 0.05) is 17.5 Å². The van der Waals surface area contributed by atoms with Gasteiger partial charge in [0.1, 0.15) is 12.8 Å². The van der Waals surface area contributed by atoms with Gasteiger partial charge in [-0.25, -0.2) is 0 Å². The van der Waals surface area contributed by atoms with Gasteiger partial charge in [0.25, 0.3) is 5.69 Å². The molecule has 1 saturated carbocycles. The normalized spacial score (nSPS) is 17.5. The van der Waals surface area contributed by atoms with Crippen molar-refractivity contribution in [1.29, 1.82) is 0 Å². The summed E-state index contributed by atoms with van der Waals surface area (Å²) >= 11 is 0. The summed E-state index contributed by atoms with van der Waals surface area (Å²) in [7, 11) is 2.20. The molecule has 2 heterocycles. The fraction of sp³-hybridized carbons (Fsp3) is 0.345. The molecule has 2 heteroatoms. The second kappa shape index (κ2) is 6.56. The number of ether oxygens (including phenoxy) is 1. The summed E-state index contributed by atoms with van der Waals surface area (Å²) in [5.74, 6) is 2.59. The summed E-state index contributed by atoms with van der Waals surface area (Å²) in [5.41, 5.74) is 7.06.